The van der Waals surface area contributed by atoms with Gasteiger partial charge in [-0.05, 0) is 5.92 Å². The minimum atomic E-state index is -2.99. The molecule has 13 heteroatoms. The topological polar surface area (TPSA) is 158 Å². The number of alkyl halides is 1. The van der Waals surface area contributed by atoms with E-state index >= 15 is 4.39 Å². The lowest BCUT2D eigenvalue weighted by Gasteiger charge is -2.33. The Bertz CT molecular complexity index is 1150. The van der Waals surface area contributed by atoms with Crippen molar-refractivity contribution in [3.63, 3.8) is 0 Å². The third-order valence-corrected chi connectivity index (χ3v) is 5.15. The van der Waals surface area contributed by atoms with E-state index in [1.807, 2.05) is 0 Å². The molecule has 2 N–H and O–H groups in total. The Kier molecular flexibility index (Phi) is 7.01. The maximum absolute atomic E-state index is 16.4. The van der Waals surface area contributed by atoms with Crippen molar-refractivity contribution in [3.8, 4) is 12.3 Å². The molecule has 1 aliphatic heterocycles. The standard InChI is InChI=1S/C21H24FN5O7/c1-5-12(28)31-9-21(22)18(32-13(29)6-2)20(8-4,33-14(30)7-3)19(34-21)27-11-26-15-16(23)24-10-25-17(15)27/h4,10-11,18-19H,5-7,9H2,1-3H3,(H2,23,24,25)/t18-,19+,20+,21+/m0/s1. The molecule has 0 aliphatic carbocycles. The summed E-state index contributed by atoms with van der Waals surface area (Å²) in [6, 6.07) is 0. The molecule has 0 spiro atoms. The van der Waals surface area contributed by atoms with Gasteiger partial charge in [-0.2, -0.15) is 0 Å². The van der Waals surface area contributed by atoms with Crippen LogP contribution in [0, 0.1) is 12.3 Å². The first-order chi connectivity index (χ1) is 16.2. The first-order valence-electron chi connectivity index (χ1n) is 10.5. The van der Waals surface area contributed by atoms with Crippen molar-refractivity contribution in [1.82, 2.24) is 19.5 Å². The van der Waals surface area contributed by atoms with Gasteiger partial charge in [-0.1, -0.05) is 20.8 Å². The molecule has 0 radical (unpaired) electrons. The highest BCUT2D eigenvalue weighted by molar-refractivity contribution is 5.81. The van der Waals surface area contributed by atoms with Crippen LogP contribution in [-0.2, 0) is 33.3 Å². The van der Waals surface area contributed by atoms with Gasteiger partial charge < -0.3 is 24.7 Å². The highest BCUT2D eigenvalue weighted by Crippen LogP contribution is 2.50. The van der Waals surface area contributed by atoms with Crippen LogP contribution in [0.4, 0.5) is 10.2 Å². The highest BCUT2D eigenvalue weighted by Gasteiger charge is 2.71. The van der Waals surface area contributed by atoms with Crippen LogP contribution in [0.1, 0.15) is 46.3 Å². The molecule has 3 heterocycles. The number of ether oxygens (including phenoxy) is 4. The van der Waals surface area contributed by atoms with Crippen molar-refractivity contribution in [2.75, 3.05) is 12.3 Å². The summed E-state index contributed by atoms with van der Waals surface area (Å²) in [6.07, 6.45) is 4.16. The van der Waals surface area contributed by atoms with Crippen LogP contribution in [0.2, 0.25) is 0 Å². The number of anilines is 1. The van der Waals surface area contributed by atoms with E-state index in [9.17, 15) is 14.4 Å². The summed E-state index contributed by atoms with van der Waals surface area (Å²) in [7, 11) is 0. The van der Waals surface area contributed by atoms with Gasteiger partial charge in [0.25, 0.3) is 11.5 Å². The van der Waals surface area contributed by atoms with Crippen LogP contribution >= 0.6 is 0 Å². The molecule has 0 aromatic carbocycles. The monoisotopic (exact) mass is 477 g/mol. The first-order valence-corrected chi connectivity index (χ1v) is 10.5. The fourth-order valence-electron chi connectivity index (χ4n) is 3.41. The Hall–Kier alpha value is -3.79. The molecule has 12 nitrogen and oxygen atoms in total. The Balaban J connectivity index is 2.21. The van der Waals surface area contributed by atoms with Crippen LogP contribution in [0.15, 0.2) is 12.7 Å². The van der Waals surface area contributed by atoms with Gasteiger partial charge in [-0.25, -0.2) is 19.3 Å². The normalized spacial score (nSPS) is 26.1. The van der Waals surface area contributed by atoms with Crippen molar-refractivity contribution < 1.29 is 37.7 Å². The van der Waals surface area contributed by atoms with Crippen molar-refractivity contribution >= 4 is 34.9 Å². The number of halogens is 1. The van der Waals surface area contributed by atoms with Crippen LogP contribution in [-0.4, -0.2) is 61.6 Å². The number of rotatable bonds is 8. The number of esters is 3. The SMILES string of the molecule is C#C[C@]1(OC(=O)CC)[C@H](n2cnc3c(N)ncnc32)O[C@](F)(COC(=O)CC)[C@H]1OC(=O)CC. The second kappa shape index (κ2) is 9.60. The summed E-state index contributed by atoms with van der Waals surface area (Å²) in [6.45, 7) is 3.49. The summed E-state index contributed by atoms with van der Waals surface area (Å²) < 4.78 is 39.0. The number of hydrogen-bond acceptors (Lipinski definition) is 11. The highest BCUT2D eigenvalue weighted by atomic mass is 19.2. The van der Waals surface area contributed by atoms with Crippen molar-refractivity contribution in [1.29, 1.82) is 0 Å². The predicted molar refractivity (Wildman–Crippen MR) is 113 cm³/mol. The van der Waals surface area contributed by atoms with Gasteiger partial charge in [0.05, 0.1) is 6.33 Å². The molecule has 2 aromatic rings. The lowest BCUT2D eigenvalue weighted by Crippen LogP contribution is -2.55. The van der Waals surface area contributed by atoms with E-state index in [0.717, 1.165) is 6.33 Å². The van der Waals surface area contributed by atoms with E-state index < -0.39 is 48.3 Å². The number of carbonyl (C=O) groups is 3. The molecular weight excluding hydrogens is 453 g/mol. The fraction of sp³-hybridized carbons (Fsp3) is 0.524. The third-order valence-electron chi connectivity index (χ3n) is 5.15. The summed E-state index contributed by atoms with van der Waals surface area (Å²) in [5.41, 5.74) is 3.75. The second-order valence-electron chi connectivity index (χ2n) is 7.34. The first kappa shape index (κ1) is 24.8. The summed E-state index contributed by atoms with van der Waals surface area (Å²) >= 11 is 0. The molecule has 182 valence electrons. The summed E-state index contributed by atoms with van der Waals surface area (Å²) in [5.74, 6) is -3.14. The molecule has 1 aliphatic rings. The number of hydrogen-bond donors (Lipinski definition) is 1. The van der Waals surface area contributed by atoms with Crippen LogP contribution in [0.25, 0.3) is 11.2 Å². The molecule has 1 saturated heterocycles. The number of terminal acetylenes is 1. The zero-order valence-corrected chi connectivity index (χ0v) is 18.8. The minimum Gasteiger partial charge on any atom is -0.459 e. The summed E-state index contributed by atoms with van der Waals surface area (Å²) in [4.78, 5) is 48.4. The van der Waals surface area contributed by atoms with Crippen molar-refractivity contribution in [2.24, 2.45) is 0 Å². The second-order valence-corrected chi connectivity index (χ2v) is 7.34. The maximum Gasteiger partial charge on any atom is 0.307 e. The third kappa shape index (κ3) is 4.24. The summed E-state index contributed by atoms with van der Waals surface area (Å²) in [5, 5.41) is 0. The van der Waals surface area contributed by atoms with Crippen molar-refractivity contribution in [2.45, 2.75) is 63.8 Å². The van der Waals surface area contributed by atoms with E-state index in [4.69, 9.17) is 31.1 Å². The van der Waals surface area contributed by atoms with Crippen LogP contribution in [0.3, 0.4) is 0 Å². The van der Waals surface area contributed by atoms with Gasteiger partial charge in [0.15, 0.2) is 24.3 Å². The largest absolute Gasteiger partial charge is 0.459 e. The zero-order chi connectivity index (χ0) is 25.1. The number of aromatic nitrogens is 4. The van der Waals surface area contributed by atoms with Crippen LogP contribution < -0.4 is 5.73 Å². The molecule has 0 unspecified atom stereocenters. The van der Waals surface area contributed by atoms with E-state index in [2.05, 4.69) is 20.9 Å². The molecule has 4 atom stereocenters. The Morgan fingerprint density at radius 1 is 1.18 bits per heavy atom. The Morgan fingerprint density at radius 2 is 1.85 bits per heavy atom. The zero-order valence-electron chi connectivity index (χ0n) is 18.8. The lowest BCUT2D eigenvalue weighted by molar-refractivity contribution is -0.224. The van der Waals surface area contributed by atoms with Gasteiger partial charge in [0, 0.05) is 19.3 Å². The Morgan fingerprint density at radius 3 is 2.47 bits per heavy atom. The molecular formula is C21H24FN5O7. The smallest absolute Gasteiger partial charge is 0.307 e. The molecule has 34 heavy (non-hydrogen) atoms. The van der Waals surface area contributed by atoms with Gasteiger partial charge in [-0.3, -0.25) is 19.0 Å². The van der Waals surface area contributed by atoms with Gasteiger partial charge in [-0.15, -0.1) is 6.42 Å². The van der Waals surface area contributed by atoms with Crippen molar-refractivity contribution in [3.05, 3.63) is 12.7 Å². The van der Waals surface area contributed by atoms with E-state index in [1.54, 1.807) is 0 Å². The average Bonchev–Trinajstić information content (AvgIpc) is 3.36. The van der Waals surface area contributed by atoms with Gasteiger partial charge in [0.2, 0.25) is 6.10 Å². The number of carbonyl (C=O) groups excluding carboxylic acids is 3. The maximum atomic E-state index is 16.4. The number of nitrogens with two attached hydrogens (primary N) is 1. The van der Waals surface area contributed by atoms with E-state index in [-0.39, 0.29) is 36.2 Å². The predicted octanol–water partition coefficient (Wildman–Crippen LogP) is 1.20. The lowest BCUT2D eigenvalue weighted by atomic mass is 9.92. The number of imidazole rings is 1. The number of nitrogen functional groups attached to an aromatic ring is 1. The van der Waals surface area contributed by atoms with Gasteiger partial charge in [0.1, 0.15) is 11.8 Å². The minimum absolute atomic E-state index is 0.0240. The molecule has 0 amide bonds. The van der Waals surface area contributed by atoms with Crippen LogP contribution in [0.5, 0.6) is 0 Å². The Labute approximate surface area is 193 Å². The molecule has 0 bridgehead atoms. The molecule has 2 aromatic heterocycles. The number of nitrogens with zero attached hydrogens (tertiary/aromatic N) is 4. The molecule has 3 rings (SSSR count). The molecule has 0 saturated carbocycles. The molecule has 1 fully saturated rings. The quantitative estimate of drug-likeness (QED) is 0.331. The fourth-order valence-corrected chi connectivity index (χ4v) is 3.41. The number of fused-ring (bicyclic) bond motifs is 1. The van der Waals surface area contributed by atoms with Gasteiger partial charge >= 0.3 is 17.9 Å². The van der Waals surface area contributed by atoms with E-state index in [0.29, 0.717) is 0 Å². The average molecular weight is 477 g/mol. The van der Waals surface area contributed by atoms with E-state index in [1.165, 1.54) is 31.7 Å².